The first-order valence-corrected chi connectivity index (χ1v) is 11.8. The minimum Gasteiger partial charge on any atom is -0.352 e. The number of hydrogen-bond donors (Lipinski definition) is 1. The van der Waals surface area contributed by atoms with E-state index in [1.54, 1.807) is 0 Å². The standard InChI is InChI=1S/C19H32N2O3S/c1-13(19-8-14-5-15(9-19)7-16(6-14)10-19)20-18(22)11-21(2)17-3-4-25(23,24)12-17/h13-17H,3-12H2,1-2H3,(H,20,22). The Morgan fingerprint density at radius 3 is 2.20 bits per heavy atom. The zero-order chi connectivity index (χ0) is 17.8. The van der Waals surface area contributed by atoms with Crippen LogP contribution in [-0.4, -0.2) is 56.4 Å². The summed E-state index contributed by atoms with van der Waals surface area (Å²) < 4.78 is 23.3. The van der Waals surface area contributed by atoms with Crippen LogP contribution in [0.3, 0.4) is 0 Å². The average molecular weight is 369 g/mol. The molecule has 5 fully saturated rings. The predicted molar refractivity (Wildman–Crippen MR) is 97.9 cm³/mol. The van der Waals surface area contributed by atoms with Crippen molar-refractivity contribution in [1.82, 2.24) is 10.2 Å². The highest BCUT2D eigenvalue weighted by atomic mass is 32.2. The molecule has 0 radical (unpaired) electrons. The normalized spacial score (nSPS) is 42.7. The number of sulfone groups is 1. The number of likely N-dealkylation sites (N-methyl/N-ethyl adjacent to an activating group) is 1. The average Bonchev–Trinajstić information content (AvgIpc) is 2.86. The lowest BCUT2D eigenvalue weighted by molar-refractivity contribution is -0.127. The van der Waals surface area contributed by atoms with Crippen molar-refractivity contribution in [2.45, 2.75) is 64.0 Å². The minimum absolute atomic E-state index is 0.00870. The Hall–Kier alpha value is -0.620. The molecule has 4 bridgehead atoms. The van der Waals surface area contributed by atoms with Gasteiger partial charge in [0.1, 0.15) is 0 Å². The molecule has 0 spiro atoms. The van der Waals surface area contributed by atoms with E-state index in [1.807, 2.05) is 11.9 Å². The van der Waals surface area contributed by atoms with Crippen molar-refractivity contribution in [1.29, 1.82) is 0 Å². The summed E-state index contributed by atoms with van der Waals surface area (Å²) in [5.74, 6) is 3.16. The molecule has 0 aromatic carbocycles. The largest absolute Gasteiger partial charge is 0.352 e. The maximum absolute atomic E-state index is 12.6. The summed E-state index contributed by atoms with van der Waals surface area (Å²) in [7, 11) is -1.03. The molecule has 1 aliphatic heterocycles. The molecule has 142 valence electrons. The van der Waals surface area contributed by atoms with Crippen LogP contribution in [0.15, 0.2) is 0 Å². The molecular formula is C19H32N2O3S. The Morgan fingerprint density at radius 2 is 1.72 bits per heavy atom. The fraction of sp³-hybridized carbons (Fsp3) is 0.947. The van der Waals surface area contributed by atoms with Gasteiger partial charge in [-0.1, -0.05) is 0 Å². The van der Waals surface area contributed by atoms with Gasteiger partial charge in [0.15, 0.2) is 9.84 Å². The molecule has 0 aromatic rings. The van der Waals surface area contributed by atoms with Crippen molar-refractivity contribution in [3.05, 3.63) is 0 Å². The van der Waals surface area contributed by atoms with Gasteiger partial charge in [-0.05, 0) is 82.1 Å². The lowest BCUT2D eigenvalue weighted by Crippen LogP contribution is -2.56. The number of amides is 1. The summed E-state index contributed by atoms with van der Waals surface area (Å²) in [6.45, 7) is 2.50. The summed E-state index contributed by atoms with van der Waals surface area (Å²) in [4.78, 5) is 14.5. The monoisotopic (exact) mass is 368 g/mol. The van der Waals surface area contributed by atoms with Gasteiger partial charge < -0.3 is 5.32 Å². The van der Waals surface area contributed by atoms with Gasteiger partial charge in [-0.15, -0.1) is 0 Å². The Bertz CT molecular complexity index is 610. The van der Waals surface area contributed by atoms with E-state index >= 15 is 0 Å². The Kier molecular flexibility index (Phi) is 4.42. The third-order valence-electron chi connectivity index (χ3n) is 7.61. The maximum atomic E-state index is 12.6. The fourth-order valence-electron chi connectivity index (χ4n) is 6.63. The van der Waals surface area contributed by atoms with Crippen LogP contribution in [0.25, 0.3) is 0 Å². The maximum Gasteiger partial charge on any atom is 0.234 e. The quantitative estimate of drug-likeness (QED) is 0.804. The fourth-order valence-corrected chi connectivity index (χ4v) is 8.43. The molecule has 1 saturated heterocycles. The Morgan fingerprint density at radius 1 is 1.16 bits per heavy atom. The van der Waals surface area contributed by atoms with Gasteiger partial charge in [0.25, 0.3) is 0 Å². The number of nitrogens with zero attached hydrogens (tertiary/aromatic N) is 1. The number of nitrogens with one attached hydrogen (secondary N) is 1. The second-order valence-electron chi connectivity index (χ2n) is 9.54. The molecule has 5 nitrogen and oxygen atoms in total. The van der Waals surface area contributed by atoms with Crippen molar-refractivity contribution >= 4 is 15.7 Å². The molecule has 4 saturated carbocycles. The van der Waals surface area contributed by atoms with E-state index in [4.69, 9.17) is 0 Å². The zero-order valence-corrected chi connectivity index (χ0v) is 16.4. The van der Waals surface area contributed by atoms with Crippen LogP contribution in [0, 0.1) is 23.2 Å². The highest BCUT2D eigenvalue weighted by Gasteiger charge is 2.53. The molecule has 1 N–H and O–H groups in total. The first-order valence-electron chi connectivity index (χ1n) is 9.95. The van der Waals surface area contributed by atoms with Gasteiger partial charge in [0, 0.05) is 12.1 Å². The molecule has 4 aliphatic carbocycles. The number of carbonyl (C=O) groups is 1. The van der Waals surface area contributed by atoms with E-state index in [1.165, 1.54) is 38.5 Å². The Labute approximate surface area is 151 Å². The summed E-state index contributed by atoms with van der Waals surface area (Å²) in [5, 5.41) is 3.28. The van der Waals surface area contributed by atoms with Crippen molar-refractivity contribution in [3.8, 4) is 0 Å². The molecule has 2 atom stereocenters. The molecule has 6 heteroatoms. The van der Waals surface area contributed by atoms with Crippen molar-refractivity contribution in [2.75, 3.05) is 25.1 Å². The van der Waals surface area contributed by atoms with Crippen molar-refractivity contribution < 1.29 is 13.2 Å². The first kappa shape index (κ1) is 17.8. The van der Waals surface area contributed by atoms with Gasteiger partial charge >= 0.3 is 0 Å². The van der Waals surface area contributed by atoms with E-state index < -0.39 is 9.84 Å². The van der Waals surface area contributed by atoms with Crippen molar-refractivity contribution in [3.63, 3.8) is 0 Å². The first-order chi connectivity index (χ1) is 11.7. The van der Waals surface area contributed by atoms with E-state index in [2.05, 4.69) is 12.2 Å². The molecule has 5 aliphatic rings. The van der Waals surface area contributed by atoms with Crippen molar-refractivity contribution in [2.24, 2.45) is 23.2 Å². The van der Waals surface area contributed by atoms with Gasteiger partial charge in [-0.2, -0.15) is 0 Å². The minimum atomic E-state index is -2.90. The second-order valence-corrected chi connectivity index (χ2v) is 11.8. The number of hydrogen-bond acceptors (Lipinski definition) is 4. The highest BCUT2D eigenvalue weighted by molar-refractivity contribution is 7.91. The summed E-state index contributed by atoms with van der Waals surface area (Å²) in [5.41, 5.74) is 0.319. The van der Waals surface area contributed by atoms with Crippen LogP contribution >= 0.6 is 0 Å². The number of carbonyl (C=O) groups excluding carboxylic acids is 1. The summed E-state index contributed by atoms with van der Waals surface area (Å²) in [6.07, 6.45) is 8.76. The lowest BCUT2D eigenvalue weighted by atomic mass is 9.48. The smallest absolute Gasteiger partial charge is 0.234 e. The van der Waals surface area contributed by atoms with Crippen LogP contribution in [0.2, 0.25) is 0 Å². The lowest BCUT2D eigenvalue weighted by Gasteiger charge is -2.59. The topological polar surface area (TPSA) is 66.5 Å². The third-order valence-corrected chi connectivity index (χ3v) is 9.36. The van der Waals surface area contributed by atoms with Crippen LogP contribution in [0.4, 0.5) is 0 Å². The zero-order valence-electron chi connectivity index (χ0n) is 15.5. The van der Waals surface area contributed by atoms with Crippen LogP contribution in [0.1, 0.15) is 51.9 Å². The molecular weight excluding hydrogens is 336 g/mol. The van der Waals surface area contributed by atoms with Gasteiger partial charge in [-0.25, -0.2) is 8.42 Å². The van der Waals surface area contributed by atoms with Crippen LogP contribution in [0.5, 0.6) is 0 Å². The van der Waals surface area contributed by atoms with Gasteiger partial charge in [0.05, 0.1) is 18.1 Å². The number of rotatable bonds is 5. The van der Waals surface area contributed by atoms with E-state index in [9.17, 15) is 13.2 Å². The molecule has 5 rings (SSSR count). The Balaban J connectivity index is 1.33. The SMILES string of the molecule is CC(NC(=O)CN(C)C1CCS(=O)(=O)C1)C12CC3CC(CC(C3)C1)C2. The second kappa shape index (κ2) is 6.22. The van der Waals surface area contributed by atoms with Crippen LogP contribution < -0.4 is 5.32 Å². The summed E-state index contributed by atoms with van der Waals surface area (Å²) in [6, 6.07) is 0.222. The molecule has 25 heavy (non-hydrogen) atoms. The third kappa shape index (κ3) is 3.48. The highest BCUT2D eigenvalue weighted by Crippen LogP contribution is 2.61. The van der Waals surface area contributed by atoms with E-state index in [-0.39, 0.29) is 29.5 Å². The van der Waals surface area contributed by atoms with Crippen LogP contribution in [-0.2, 0) is 14.6 Å². The molecule has 1 amide bonds. The summed E-state index contributed by atoms with van der Waals surface area (Å²) >= 11 is 0. The van der Waals surface area contributed by atoms with Gasteiger partial charge in [-0.3, -0.25) is 9.69 Å². The molecule has 0 aromatic heterocycles. The van der Waals surface area contributed by atoms with E-state index in [0.29, 0.717) is 18.4 Å². The predicted octanol–water partition coefficient (Wildman–Crippen LogP) is 1.83. The molecule has 2 unspecified atom stereocenters. The molecule has 1 heterocycles. The van der Waals surface area contributed by atoms with E-state index in [0.717, 1.165) is 17.8 Å². The van der Waals surface area contributed by atoms with Gasteiger partial charge in [0.2, 0.25) is 5.91 Å².